The van der Waals surface area contributed by atoms with Gasteiger partial charge in [0.2, 0.25) is 5.91 Å². The van der Waals surface area contributed by atoms with E-state index in [-0.39, 0.29) is 23.6 Å². The first-order chi connectivity index (χ1) is 12.0. The molecule has 4 nitrogen and oxygen atoms in total. The maximum Gasteiger partial charge on any atom is 0.238 e. The molecule has 0 aliphatic carbocycles. The van der Waals surface area contributed by atoms with Crippen molar-refractivity contribution in [3.8, 4) is 0 Å². The van der Waals surface area contributed by atoms with Gasteiger partial charge in [-0.25, -0.2) is 4.39 Å². The summed E-state index contributed by atoms with van der Waals surface area (Å²) in [6, 6.07) is 10.3. The average molecular weight is 363 g/mol. The lowest BCUT2D eigenvalue weighted by atomic mass is 10.0. The molecule has 6 heteroatoms. The van der Waals surface area contributed by atoms with Gasteiger partial charge in [0.1, 0.15) is 5.82 Å². The van der Waals surface area contributed by atoms with Crippen LogP contribution in [0.15, 0.2) is 42.5 Å². The van der Waals surface area contributed by atoms with Gasteiger partial charge in [-0.05, 0) is 43.4 Å². The van der Waals surface area contributed by atoms with Crippen LogP contribution in [0.3, 0.4) is 0 Å². The minimum Gasteiger partial charge on any atom is -0.324 e. The Morgan fingerprint density at radius 1 is 1.08 bits per heavy atom. The van der Waals surface area contributed by atoms with Crippen molar-refractivity contribution in [1.29, 1.82) is 0 Å². The van der Waals surface area contributed by atoms with E-state index in [1.54, 1.807) is 18.2 Å². The maximum absolute atomic E-state index is 13.9. The number of nitrogens with zero attached hydrogens (tertiary/aromatic N) is 1. The van der Waals surface area contributed by atoms with E-state index in [1.165, 1.54) is 24.3 Å². The molecule has 0 radical (unpaired) electrons. The normalized spacial score (nSPS) is 10.8. The highest BCUT2D eigenvalue weighted by Gasteiger charge is 2.19. The lowest BCUT2D eigenvalue weighted by molar-refractivity contribution is -0.117. The summed E-state index contributed by atoms with van der Waals surface area (Å²) >= 11 is 5.99. The Labute approximate surface area is 151 Å². The summed E-state index contributed by atoms with van der Waals surface area (Å²) in [5, 5.41) is 3.06. The van der Waals surface area contributed by atoms with E-state index in [9.17, 15) is 14.0 Å². The van der Waals surface area contributed by atoms with Crippen molar-refractivity contribution >= 4 is 29.0 Å². The summed E-state index contributed by atoms with van der Waals surface area (Å²) in [6.07, 6.45) is 0. The quantitative estimate of drug-likeness (QED) is 0.758. The van der Waals surface area contributed by atoms with Crippen LogP contribution in [0.2, 0.25) is 5.02 Å². The van der Waals surface area contributed by atoms with Gasteiger partial charge in [0.05, 0.1) is 17.8 Å². The highest BCUT2D eigenvalue weighted by atomic mass is 35.5. The first-order valence-corrected chi connectivity index (χ1v) is 8.45. The number of nitrogens with one attached hydrogen (secondary N) is 1. The Hall–Kier alpha value is -2.24. The summed E-state index contributed by atoms with van der Waals surface area (Å²) in [5.74, 6) is -1.39. The monoisotopic (exact) mass is 362 g/mol. The number of benzene rings is 2. The van der Waals surface area contributed by atoms with Crippen molar-refractivity contribution < 1.29 is 14.0 Å². The standard InChI is InChI=1S/C19H20ClFN2O2/c1-3-23(4-2)12-18(24)22-17-10-9-13(20)11-15(17)19(25)14-7-5-6-8-16(14)21/h5-11H,3-4,12H2,1-2H3,(H,22,24). The van der Waals surface area contributed by atoms with Gasteiger partial charge < -0.3 is 5.32 Å². The van der Waals surface area contributed by atoms with Gasteiger partial charge in [-0.1, -0.05) is 37.6 Å². The van der Waals surface area contributed by atoms with Crippen LogP contribution in [-0.2, 0) is 4.79 Å². The van der Waals surface area contributed by atoms with Crippen molar-refractivity contribution in [2.75, 3.05) is 25.0 Å². The van der Waals surface area contributed by atoms with E-state index < -0.39 is 11.6 Å². The third-order valence-corrected chi connectivity index (χ3v) is 4.12. The molecule has 1 N–H and O–H groups in total. The number of carbonyl (C=O) groups excluding carboxylic acids is 2. The highest BCUT2D eigenvalue weighted by Crippen LogP contribution is 2.24. The molecular formula is C19H20ClFN2O2. The summed E-state index contributed by atoms with van der Waals surface area (Å²) in [6.45, 7) is 5.62. The molecular weight excluding hydrogens is 343 g/mol. The van der Waals surface area contributed by atoms with Gasteiger partial charge in [-0.3, -0.25) is 14.5 Å². The smallest absolute Gasteiger partial charge is 0.238 e. The third kappa shape index (κ3) is 4.87. The van der Waals surface area contributed by atoms with Crippen molar-refractivity contribution in [1.82, 2.24) is 4.90 Å². The number of hydrogen-bond acceptors (Lipinski definition) is 3. The summed E-state index contributed by atoms with van der Waals surface area (Å²) in [7, 11) is 0. The topological polar surface area (TPSA) is 49.4 Å². The Kier molecular flexibility index (Phi) is 6.67. The van der Waals surface area contributed by atoms with Gasteiger partial charge >= 0.3 is 0 Å². The molecule has 0 heterocycles. The van der Waals surface area contributed by atoms with Gasteiger partial charge in [-0.15, -0.1) is 0 Å². The lowest BCUT2D eigenvalue weighted by Crippen LogP contribution is -2.33. The molecule has 2 aromatic rings. The van der Waals surface area contributed by atoms with Crippen LogP contribution in [0.5, 0.6) is 0 Å². The van der Waals surface area contributed by atoms with Crippen LogP contribution in [-0.4, -0.2) is 36.2 Å². The lowest BCUT2D eigenvalue weighted by Gasteiger charge is -2.18. The molecule has 0 aromatic heterocycles. The van der Waals surface area contributed by atoms with Crippen molar-refractivity contribution in [2.24, 2.45) is 0 Å². The Morgan fingerprint density at radius 3 is 2.40 bits per heavy atom. The van der Waals surface area contributed by atoms with E-state index >= 15 is 0 Å². The zero-order valence-electron chi connectivity index (χ0n) is 14.2. The van der Waals surface area contributed by atoms with E-state index in [4.69, 9.17) is 11.6 Å². The van der Waals surface area contributed by atoms with Gasteiger partial charge in [0.15, 0.2) is 5.78 Å². The average Bonchev–Trinajstić information content (AvgIpc) is 2.61. The summed E-state index contributed by atoms with van der Waals surface area (Å²) in [4.78, 5) is 26.9. The number of likely N-dealkylation sites (N-methyl/N-ethyl adjacent to an activating group) is 1. The molecule has 132 valence electrons. The maximum atomic E-state index is 13.9. The second-order valence-electron chi connectivity index (χ2n) is 5.51. The van der Waals surface area contributed by atoms with Crippen LogP contribution in [0.4, 0.5) is 10.1 Å². The van der Waals surface area contributed by atoms with E-state index in [1.807, 2.05) is 18.7 Å². The molecule has 0 saturated carbocycles. The number of carbonyl (C=O) groups is 2. The zero-order valence-corrected chi connectivity index (χ0v) is 14.9. The molecule has 0 unspecified atom stereocenters. The number of anilines is 1. The Morgan fingerprint density at radius 2 is 1.76 bits per heavy atom. The fourth-order valence-electron chi connectivity index (χ4n) is 2.44. The fraction of sp³-hybridized carbons (Fsp3) is 0.263. The molecule has 0 aliphatic rings. The molecule has 0 saturated heterocycles. The first-order valence-electron chi connectivity index (χ1n) is 8.07. The number of rotatable bonds is 7. The molecule has 0 bridgehead atoms. The van der Waals surface area contributed by atoms with Gasteiger partial charge in [-0.2, -0.15) is 0 Å². The molecule has 2 aromatic carbocycles. The fourth-order valence-corrected chi connectivity index (χ4v) is 2.62. The molecule has 0 spiro atoms. The van der Waals surface area contributed by atoms with Crippen molar-refractivity contribution in [3.05, 3.63) is 64.4 Å². The van der Waals surface area contributed by atoms with Crippen molar-refractivity contribution in [3.63, 3.8) is 0 Å². The second kappa shape index (κ2) is 8.74. The molecule has 0 atom stereocenters. The number of halogens is 2. The minimum atomic E-state index is -0.618. The summed E-state index contributed by atoms with van der Waals surface area (Å²) in [5.41, 5.74) is 0.407. The molecule has 1 amide bonds. The van der Waals surface area contributed by atoms with E-state index in [0.717, 1.165) is 13.1 Å². The predicted molar refractivity (Wildman–Crippen MR) is 97.7 cm³/mol. The van der Waals surface area contributed by atoms with Crippen LogP contribution >= 0.6 is 11.6 Å². The first kappa shape index (κ1) is 19.1. The van der Waals surface area contributed by atoms with E-state index in [0.29, 0.717) is 10.7 Å². The summed E-state index contributed by atoms with van der Waals surface area (Å²) < 4.78 is 13.9. The predicted octanol–water partition coefficient (Wildman–Crippen LogP) is 3.99. The molecule has 2 rings (SSSR count). The van der Waals surface area contributed by atoms with Gasteiger partial charge in [0, 0.05) is 10.6 Å². The van der Waals surface area contributed by atoms with Crippen LogP contribution in [0.25, 0.3) is 0 Å². The Balaban J connectivity index is 2.30. The highest BCUT2D eigenvalue weighted by molar-refractivity contribution is 6.31. The SMILES string of the molecule is CCN(CC)CC(=O)Nc1ccc(Cl)cc1C(=O)c1ccccc1F. The van der Waals surface area contributed by atoms with Crippen LogP contribution < -0.4 is 5.32 Å². The van der Waals surface area contributed by atoms with Crippen molar-refractivity contribution in [2.45, 2.75) is 13.8 Å². The number of ketones is 1. The molecule has 0 fully saturated rings. The molecule has 0 aliphatic heterocycles. The minimum absolute atomic E-state index is 0.0657. The van der Waals surface area contributed by atoms with Gasteiger partial charge in [0.25, 0.3) is 0 Å². The zero-order chi connectivity index (χ0) is 18.4. The van der Waals surface area contributed by atoms with Crippen LogP contribution in [0.1, 0.15) is 29.8 Å². The number of hydrogen-bond donors (Lipinski definition) is 1. The molecule has 25 heavy (non-hydrogen) atoms. The Bertz CT molecular complexity index is 776. The second-order valence-corrected chi connectivity index (χ2v) is 5.94. The third-order valence-electron chi connectivity index (χ3n) is 3.88. The van der Waals surface area contributed by atoms with Crippen LogP contribution in [0, 0.1) is 5.82 Å². The van der Waals surface area contributed by atoms with E-state index in [2.05, 4.69) is 5.32 Å². The number of amides is 1. The largest absolute Gasteiger partial charge is 0.324 e.